The fraction of sp³-hybridized carbons (Fsp3) is 0.320. The molecule has 254 valence electrons. The third-order valence-corrected chi connectivity index (χ3v) is 13.5. The summed E-state index contributed by atoms with van der Waals surface area (Å²) in [6.07, 6.45) is 12.4. The van der Waals surface area contributed by atoms with E-state index in [0.29, 0.717) is 5.92 Å². The summed E-state index contributed by atoms with van der Waals surface area (Å²) in [6, 6.07) is 49.3. The van der Waals surface area contributed by atoms with Crippen molar-refractivity contribution in [2.75, 3.05) is 4.90 Å². The molecule has 1 heteroatoms. The highest BCUT2D eigenvalue weighted by atomic mass is 15.1. The monoisotopic (exact) mass is 663 g/mol. The number of fused-ring (bicyclic) bond motifs is 6. The summed E-state index contributed by atoms with van der Waals surface area (Å²) in [7, 11) is 0. The Morgan fingerprint density at radius 2 is 1.22 bits per heavy atom. The van der Waals surface area contributed by atoms with E-state index in [0.717, 1.165) is 17.8 Å². The van der Waals surface area contributed by atoms with Crippen LogP contribution in [0.4, 0.5) is 17.1 Å². The molecule has 4 aliphatic rings. The molecule has 0 aromatic heterocycles. The molecule has 4 aliphatic carbocycles. The van der Waals surface area contributed by atoms with Gasteiger partial charge < -0.3 is 4.90 Å². The Morgan fingerprint density at radius 3 is 1.96 bits per heavy atom. The molecule has 6 aromatic carbocycles. The van der Waals surface area contributed by atoms with Crippen molar-refractivity contribution in [3.8, 4) is 22.3 Å². The van der Waals surface area contributed by atoms with Crippen molar-refractivity contribution in [3.63, 3.8) is 0 Å². The largest absolute Gasteiger partial charge is 0.310 e. The second-order valence-corrected chi connectivity index (χ2v) is 16.7. The first-order valence-electron chi connectivity index (χ1n) is 19.8. The first kappa shape index (κ1) is 31.1. The van der Waals surface area contributed by atoms with Gasteiger partial charge in [0.15, 0.2) is 0 Å². The summed E-state index contributed by atoms with van der Waals surface area (Å²) < 4.78 is 0. The summed E-state index contributed by atoms with van der Waals surface area (Å²) in [5, 5.41) is 2.59. The van der Waals surface area contributed by atoms with Gasteiger partial charge in [0.05, 0.1) is 0 Å². The van der Waals surface area contributed by atoms with E-state index in [-0.39, 0.29) is 5.41 Å². The zero-order valence-electron chi connectivity index (χ0n) is 30.2. The molecule has 0 aliphatic heterocycles. The molecule has 1 nitrogen and oxygen atoms in total. The second kappa shape index (κ2) is 12.3. The van der Waals surface area contributed by atoms with Gasteiger partial charge in [0.25, 0.3) is 0 Å². The summed E-state index contributed by atoms with van der Waals surface area (Å²) in [6.45, 7) is 4.84. The van der Waals surface area contributed by atoms with E-state index in [1.165, 1.54) is 125 Å². The van der Waals surface area contributed by atoms with E-state index in [1.54, 1.807) is 5.56 Å². The van der Waals surface area contributed by atoms with Gasteiger partial charge in [-0.25, -0.2) is 0 Å². The number of benzene rings is 6. The van der Waals surface area contributed by atoms with Crippen molar-refractivity contribution in [3.05, 3.63) is 150 Å². The SMILES string of the molecule is CC1(C)c2ccccc2-c2c(-c3cccc4ccccc34)cc(N(c3ccc(C4CCCCC4)cc3)c3ccc(C4CC5CCC4C5)cc3)cc21. The molecule has 0 heterocycles. The normalized spacial score (nSPS) is 21.9. The molecule has 6 aromatic rings. The van der Waals surface area contributed by atoms with E-state index in [1.807, 2.05) is 0 Å². The average Bonchev–Trinajstić information content (AvgIpc) is 3.88. The molecule has 3 unspecified atom stereocenters. The van der Waals surface area contributed by atoms with Gasteiger partial charge >= 0.3 is 0 Å². The molecular formula is C50H49N. The summed E-state index contributed by atoms with van der Waals surface area (Å²) in [5.74, 6) is 3.26. The summed E-state index contributed by atoms with van der Waals surface area (Å²) in [4.78, 5) is 2.54. The number of anilines is 3. The van der Waals surface area contributed by atoms with Crippen LogP contribution in [0.1, 0.15) is 106 Å². The van der Waals surface area contributed by atoms with Crippen LogP contribution in [-0.2, 0) is 5.41 Å². The maximum Gasteiger partial charge on any atom is 0.0471 e. The fourth-order valence-corrected chi connectivity index (χ4v) is 10.9. The first-order chi connectivity index (χ1) is 25.0. The molecule has 0 saturated heterocycles. The predicted octanol–water partition coefficient (Wildman–Crippen LogP) is 14.2. The van der Waals surface area contributed by atoms with Crippen molar-refractivity contribution in [2.24, 2.45) is 11.8 Å². The van der Waals surface area contributed by atoms with Gasteiger partial charge in [0, 0.05) is 22.5 Å². The lowest BCUT2D eigenvalue weighted by molar-refractivity contribution is 0.420. The van der Waals surface area contributed by atoms with Crippen molar-refractivity contribution < 1.29 is 0 Å². The lowest BCUT2D eigenvalue weighted by atomic mass is 9.81. The fourth-order valence-electron chi connectivity index (χ4n) is 10.9. The number of nitrogens with zero attached hydrogens (tertiary/aromatic N) is 1. The van der Waals surface area contributed by atoms with Crippen LogP contribution in [-0.4, -0.2) is 0 Å². The zero-order chi connectivity index (χ0) is 34.1. The molecule has 3 saturated carbocycles. The number of rotatable bonds is 6. The highest BCUT2D eigenvalue weighted by Gasteiger charge is 2.40. The van der Waals surface area contributed by atoms with E-state index in [4.69, 9.17) is 0 Å². The Bertz CT molecular complexity index is 2230. The molecular weight excluding hydrogens is 615 g/mol. The molecule has 3 atom stereocenters. The Labute approximate surface area is 304 Å². The Hall–Kier alpha value is -4.62. The molecule has 10 rings (SSSR count). The molecule has 3 fully saturated rings. The van der Waals surface area contributed by atoms with Crippen LogP contribution in [0.2, 0.25) is 0 Å². The number of hydrogen-bond acceptors (Lipinski definition) is 1. The lowest BCUT2D eigenvalue weighted by Gasteiger charge is -2.30. The van der Waals surface area contributed by atoms with Crippen molar-refractivity contribution in [1.29, 1.82) is 0 Å². The molecule has 0 spiro atoms. The Morgan fingerprint density at radius 1 is 0.529 bits per heavy atom. The average molecular weight is 664 g/mol. The molecule has 2 bridgehead atoms. The highest BCUT2D eigenvalue weighted by molar-refractivity contribution is 6.04. The standard InChI is InChI=1S/C50H49N/c1-50(2)47-18-9-8-16-44(47)49-46(43-17-10-14-36-13-6-7-15-42(36)43)31-41(32-48(49)50)51(39-25-21-35(22-26-39)34-11-4-3-5-12-34)40-27-23-37(24-28-40)45-30-33-19-20-38(45)29-33/h6-10,13-18,21-28,31-34,38,45H,3-5,11-12,19-20,29-30H2,1-2H3. The van der Waals surface area contributed by atoms with Crippen LogP contribution in [0, 0.1) is 11.8 Å². The maximum absolute atomic E-state index is 2.54. The Balaban J connectivity index is 1.16. The molecule has 0 N–H and O–H groups in total. The van der Waals surface area contributed by atoms with Gasteiger partial charge in [-0.3, -0.25) is 0 Å². The van der Waals surface area contributed by atoms with Gasteiger partial charge in [0.2, 0.25) is 0 Å². The predicted molar refractivity (Wildman–Crippen MR) is 216 cm³/mol. The molecule has 0 amide bonds. The van der Waals surface area contributed by atoms with Crippen LogP contribution >= 0.6 is 0 Å². The number of hydrogen-bond donors (Lipinski definition) is 0. The molecule has 0 radical (unpaired) electrons. The van der Waals surface area contributed by atoms with Gasteiger partial charge in [-0.1, -0.05) is 131 Å². The lowest BCUT2D eigenvalue weighted by Crippen LogP contribution is -2.17. The minimum Gasteiger partial charge on any atom is -0.310 e. The van der Waals surface area contributed by atoms with E-state index < -0.39 is 0 Å². The zero-order valence-corrected chi connectivity index (χ0v) is 30.2. The smallest absolute Gasteiger partial charge is 0.0471 e. The van der Waals surface area contributed by atoms with Crippen molar-refractivity contribution >= 4 is 27.8 Å². The van der Waals surface area contributed by atoms with Crippen molar-refractivity contribution in [2.45, 2.75) is 88.9 Å². The van der Waals surface area contributed by atoms with Crippen molar-refractivity contribution in [1.82, 2.24) is 0 Å². The third kappa shape index (κ3) is 5.18. The second-order valence-electron chi connectivity index (χ2n) is 16.7. The highest BCUT2D eigenvalue weighted by Crippen LogP contribution is 2.56. The topological polar surface area (TPSA) is 3.24 Å². The first-order valence-corrected chi connectivity index (χ1v) is 19.8. The van der Waals surface area contributed by atoms with Crippen LogP contribution in [0.3, 0.4) is 0 Å². The van der Waals surface area contributed by atoms with E-state index >= 15 is 0 Å². The minimum atomic E-state index is -0.122. The molecule has 51 heavy (non-hydrogen) atoms. The maximum atomic E-state index is 2.54. The van der Waals surface area contributed by atoms with Crippen LogP contribution in [0.15, 0.2) is 127 Å². The van der Waals surface area contributed by atoms with Gasteiger partial charge in [-0.15, -0.1) is 0 Å². The van der Waals surface area contributed by atoms with Gasteiger partial charge in [-0.2, -0.15) is 0 Å². The Kier molecular flexibility index (Phi) is 7.49. The third-order valence-electron chi connectivity index (χ3n) is 13.5. The van der Waals surface area contributed by atoms with Crippen LogP contribution < -0.4 is 4.90 Å². The van der Waals surface area contributed by atoms with Crippen LogP contribution in [0.25, 0.3) is 33.0 Å². The summed E-state index contributed by atoms with van der Waals surface area (Å²) in [5.41, 5.74) is 14.8. The van der Waals surface area contributed by atoms with E-state index in [2.05, 4.69) is 146 Å². The minimum absolute atomic E-state index is 0.122. The van der Waals surface area contributed by atoms with Gasteiger partial charge in [-0.05, 0) is 147 Å². The summed E-state index contributed by atoms with van der Waals surface area (Å²) >= 11 is 0. The van der Waals surface area contributed by atoms with Crippen LogP contribution in [0.5, 0.6) is 0 Å². The van der Waals surface area contributed by atoms with E-state index in [9.17, 15) is 0 Å². The van der Waals surface area contributed by atoms with Gasteiger partial charge in [0.1, 0.15) is 0 Å². The quantitative estimate of drug-likeness (QED) is 0.171.